The monoisotopic (exact) mass is 232 g/mol. The highest BCUT2D eigenvalue weighted by Gasteiger charge is 2.45. The van der Waals surface area contributed by atoms with Gasteiger partial charge in [0.05, 0.1) is 0 Å². The molecule has 1 saturated carbocycles. The first-order valence-electron chi connectivity index (χ1n) is 7.13. The van der Waals surface area contributed by atoms with Crippen LogP contribution in [-0.4, -0.2) is 6.54 Å². The lowest BCUT2D eigenvalue weighted by atomic mass is 9.72. The van der Waals surface area contributed by atoms with Crippen LogP contribution in [0.25, 0.3) is 4.85 Å². The van der Waals surface area contributed by atoms with Crippen molar-refractivity contribution in [1.82, 2.24) is 0 Å². The van der Waals surface area contributed by atoms with Crippen molar-refractivity contribution < 1.29 is 0 Å². The first-order chi connectivity index (χ1) is 8.07. The highest BCUT2D eigenvalue weighted by molar-refractivity contribution is 5.17. The highest BCUT2D eigenvalue weighted by atomic mass is 14.6. The Kier molecular flexibility index (Phi) is 3.61. The number of fused-ring (bicyclic) bond motifs is 1. The molecule has 2 rings (SSSR count). The molecule has 94 valence electrons. The number of allylic oxidation sites excluding steroid dienone is 1. The molecule has 0 aliphatic heterocycles. The van der Waals surface area contributed by atoms with Crippen molar-refractivity contribution in [2.24, 2.45) is 23.2 Å². The Hall–Kier alpha value is -0.770. The summed E-state index contributed by atoms with van der Waals surface area (Å²) in [5, 5.41) is 0. The van der Waals surface area contributed by atoms with E-state index in [1.54, 1.807) is 0 Å². The van der Waals surface area contributed by atoms with E-state index in [0.29, 0.717) is 5.41 Å². The van der Waals surface area contributed by atoms with Crippen LogP contribution in [0.5, 0.6) is 0 Å². The van der Waals surface area contributed by atoms with Gasteiger partial charge in [0, 0.05) is 5.57 Å². The largest absolute Gasteiger partial charge is 0.284 e. The molecular weight excluding hydrogens is 206 g/mol. The fourth-order valence-corrected chi connectivity index (χ4v) is 4.03. The van der Waals surface area contributed by atoms with Crippen LogP contribution in [0.1, 0.15) is 52.9 Å². The second-order valence-electron chi connectivity index (χ2n) is 6.65. The van der Waals surface area contributed by atoms with Crippen LogP contribution in [0.4, 0.5) is 0 Å². The quantitative estimate of drug-likeness (QED) is 0.605. The second kappa shape index (κ2) is 4.84. The van der Waals surface area contributed by atoms with Crippen molar-refractivity contribution in [3.05, 3.63) is 16.5 Å². The minimum atomic E-state index is 0.547. The van der Waals surface area contributed by atoms with Crippen molar-refractivity contribution in [3.63, 3.8) is 0 Å². The van der Waals surface area contributed by atoms with Gasteiger partial charge in [-0.05, 0) is 55.3 Å². The van der Waals surface area contributed by atoms with Gasteiger partial charge in [-0.15, -0.1) is 0 Å². The summed E-state index contributed by atoms with van der Waals surface area (Å²) in [4.78, 5) is 3.84. The molecule has 2 aliphatic carbocycles. The molecule has 0 N–H and O–H groups in total. The maximum atomic E-state index is 5.36. The fraction of sp³-hybridized carbons (Fsp3) is 0.812. The lowest BCUT2D eigenvalue weighted by Crippen LogP contribution is -2.25. The molecule has 0 bridgehead atoms. The zero-order valence-electron chi connectivity index (χ0n) is 11.6. The van der Waals surface area contributed by atoms with Crippen molar-refractivity contribution >= 4 is 0 Å². The molecule has 0 amide bonds. The number of nitrogens with zero attached hydrogens (tertiary/aromatic N) is 1. The summed E-state index contributed by atoms with van der Waals surface area (Å²) in [6.45, 7) is 13.4. The van der Waals surface area contributed by atoms with Crippen LogP contribution in [-0.2, 0) is 0 Å². The van der Waals surface area contributed by atoms with Gasteiger partial charge in [0.15, 0.2) is 0 Å². The summed E-state index contributed by atoms with van der Waals surface area (Å²) >= 11 is 0. The Balaban J connectivity index is 2.26. The van der Waals surface area contributed by atoms with Gasteiger partial charge in [-0.25, -0.2) is 0 Å². The maximum absolute atomic E-state index is 5.36. The summed E-state index contributed by atoms with van der Waals surface area (Å²) in [6.07, 6.45) is 9.26. The molecule has 17 heavy (non-hydrogen) atoms. The van der Waals surface area contributed by atoms with E-state index in [1.807, 2.05) is 0 Å². The van der Waals surface area contributed by atoms with Gasteiger partial charge in [0.25, 0.3) is 13.1 Å². The average Bonchev–Trinajstić information content (AvgIpc) is 2.49. The van der Waals surface area contributed by atoms with E-state index in [0.717, 1.165) is 24.3 Å². The molecule has 3 unspecified atom stereocenters. The molecule has 0 aromatic heterocycles. The Morgan fingerprint density at radius 1 is 1.47 bits per heavy atom. The predicted octanol–water partition coefficient (Wildman–Crippen LogP) is 4.75. The highest BCUT2D eigenvalue weighted by Crippen LogP contribution is 2.54. The third-order valence-electron chi connectivity index (χ3n) is 5.13. The minimum Gasteiger partial charge on any atom is -0.0821 e. The summed E-state index contributed by atoms with van der Waals surface area (Å²) in [5.41, 5.74) is 2.03. The Morgan fingerprint density at radius 2 is 2.24 bits per heavy atom. The van der Waals surface area contributed by atoms with E-state index in [2.05, 4.69) is 31.7 Å². The van der Waals surface area contributed by atoms with Crippen LogP contribution in [0.15, 0.2) is 11.6 Å². The Morgan fingerprint density at radius 3 is 2.88 bits per heavy atom. The van der Waals surface area contributed by atoms with Gasteiger partial charge in [0.1, 0.15) is 0 Å². The van der Waals surface area contributed by atoms with Gasteiger partial charge < -0.3 is 0 Å². The summed E-state index contributed by atoms with van der Waals surface area (Å²) in [5.74, 6) is 2.43. The standard InChI is InChI=1S/C16H26N/c1-12(2)14-7-9-16(3)8-5-6-13(11-17-4)10-15(14)16/h4,10,12,14-15H,5-9,11H2,1-3H3/q+1. The third kappa shape index (κ3) is 2.41. The molecule has 0 saturated heterocycles. The lowest BCUT2D eigenvalue weighted by Gasteiger charge is -2.32. The van der Waals surface area contributed by atoms with Gasteiger partial charge in [-0.1, -0.05) is 31.7 Å². The van der Waals surface area contributed by atoms with Crippen molar-refractivity contribution in [2.75, 3.05) is 6.54 Å². The fourth-order valence-electron chi connectivity index (χ4n) is 4.03. The zero-order valence-corrected chi connectivity index (χ0v) is 11.6. The van der Waals surface area contributed by atoms with E-state index in [1.165, 1.54) is 37.7 Å². The number of rotatable bonds is 2. The topological polar surface area (TPSA) is 4.36 Å². The maximum Gasteiger partial charge on any atom is 0.284 e. The average molecular weight is 232 g/mol. The normalized spacial score (nSPS) is 37.2. The molecule has 3 atom stereocenters. The lowest BCUT2D eigenvalue weighted by molar-refractivity contribution is 0.200. The minimum absolute atomic E-state index is 0.547. The SMILES string of the molecule is C#[N+]CC1=CC2C(C(C)C)CCC2(C)CCC1. The molecule has 1 fully saturated rings. The molecule has 0 aromatic carbocycles. The molecule has 1 nitrogen and oxygen atoms in total. The Labute approximate surface area is 106 Å². The van der Waals surface area contributed by atoms with Crippen molar-refractivity contribution in [1.29, 1.82) is 0 Å². The van der Waals surface area contributed by atoms with E-state index >= 15 is 0 Å². The smallest absolute Gasteiger partial charge is 0.0821 e. The first-order valence-corrected chi connectivity index (χ1v) is 7.13. The van der Waals surface area contributed by atoms with Gasteiger partial charge in [-0.2, -0.15) is 0 Å². The predicted molar refractivity (Wildman–Crippen MR) is 74.3 cm³/mol. The van der Waals surface area contributed by atoms with Crippen LogP contribution in [0.3, 0.4) is 0 Å². The van der Waals surface area contributed by atoms with E-state index < -0.39 is 0 Å². The van der Waals surface area contributed by atoms with E-state index in [4.69, 9.17) is 6.57 Å². The van der Waals surface area contributed by atoms with Crippen molar-refractivity contribution in [3.8, 4) is 6.57 Å². The summed E-state index contributed by atoms with van der Waals surface area (Å²) in [7, 11) is 0. The zero-order chi connectivity index (χ0) is 12.5. The second-order valence-corrected chi connectivity index (χ2v) is 6.65. The molecule has 1 heteroatoms. The molecule has 0 spiro atoms. The molecule has 2 aliphatic rings. The van der Waals surface area contributed by atoms with Crippen LogP contribution in [0.2, 0.25) is 0 Å². The first kappa shape index (κ1) is 12.7. The molecule has 0 aromatic rings. The van der Waals surface area contributed by atoms with Gasteiger partial charge in [0.2, 0.25) is 0 Å². The van der Waals surface area contributed by atoms with Gasteiger partial charge >= 0.3 is 0 Å². The van der Waals surface area contributed by atoms with Crippen molar-refractivity contribution in [2.45, 2.75) is 52.9 Å². The summed E-state index contributed by atoms with van der Waals surface area (Å²) in [6, 6.07) is 0. The van der Waals surface area contributed by atoms with Crippen LogP contribution >= 0.6 is 0 Å². The molecule has 0 heterocycles. The number of hydrogen-bond donors (Lipinski definition) is 0. The Bertz CT molecular complexity index is 347. The molecule has 0 radical (unpaired) electrons. The van der Waals surface area contributed by atoms with E-state index in [-0.39, 0.29) is 0 Å². The third-order valence-corrected chi connectivity index (χ3v) is 5.13. The van der Waals surface area contributed by atoms with Gasteiger partial charge in [-0.3, -0.25) is 0 Å². The van der Waals surface area contributed by atoms with E-state index in [9.17, 15) is 0 Å². The number of hydrogen-bond acceptors (Lipinski definition) is 0. The molecular formula is C16H26N+. The van der Waals surface area contributed by atoms with Crippen LogP contribution < -0.4 is 0 Å². The van der Waals surface area contributed by atoms with Crippen LogP contribution in [0, 0.1) is 29.7 Å². The summed E-state index contributed by atoms with van der Waals surface area (Å²) < 4.78 is 0.